The molecule has 3 aromatic rings. The van der Waals surface area contributed by atoms with Crippen molar-refractivity contribution in [2.24, 2.45) is 0 Å². The molecule has 162 valence electrons. The van der Waals surface area contributed by atoms with Gasteiger partial charge in [0.05, 0.1) is 12.2 Å². The van der Waals surface area contributed by atoms with E-state index in [-0.39, 0.29) is 12.2 Å². The largest absolute Gasteiger partial charge is 0.322 e. The molecule has 0 spiro atoms. The lowest BCUT2D eigenvalue weighted by Crippen LogP contribution is -2.40. The normalized spacial score (nSPS) is 11.4. The Hall–Kier alpha value is -3.30. The Balaban J connectivity index is 1.83. The van der Waals surface area contributed by atoms with Crippen LogP contribution in [0.1, 0.15) is 15.9 Å². The molecule has 1 N–H and O–H groups in total. The van der Waals surface area contributed by atoms with E-state index in [1.54, 1.807) is 24.3 Å². The lowest BCUT2D eigenvalue weighted by Gasteiger charge is -2.27. The third kappa shape index (κ3) is 5.25. The van der Waals surface area contributed by atoms with Crippen molar-refractivity contribution in [1.82, 2.24) is 4.31 Å². The van der Waals surface area contributed by atoms with E-state index >= 15 is 0 Å². The molecule has 0 unspecified atom stereocenters. The van der Waals surface area contributed by atoms with Crippen LogP contribution in [0.2, 0.25) is 0 Å². The van der Waals surface area contributed by atoms with Crippen molar-refractivity contribution in [3.05, 3.63) is 95.6 Å². The van der Waals surface area contributed by atoms with E-state index in [2.05, 4.69) is 5.32 Å². The number of amides is 1. The van der Waals surface area contributed by atoms with E-state index in [1.807, 2.05) is 0 Å². The number of carbonyl (C=O) groups is 1. The van der Waals surface area contributed by atoms with Gasteiger partial charge in [-0.05, 0) is 48.0 Å². The van der Waals surface area contributed by atoms with Crippen LogP contribution in [0, 0.1) is 11.6 Å². The first-order valence-electron chi connectivity index (χ1n) is 9.29. The summed E-state index contributed by atoms with van der Waals surface area (Å²) in [6.07, 6.45) is 0. The summed E-state index contributed by atoms with van der Waals surface area (Å²) in [5.74, 6) is -1.58. The minimum atomic E-state index is -3.97. The van der Waals surface area contributed by atoms with Gasteiger partial charge in [-0.15, -0.1) is 0 Å². The summed E-state index contributed by atoms with van der Waals surface area (Å²) in [5.41, 5.74) is 1.10. The highest BCUT2D eigenvalue weighted by molar-refractivity contribution is 7.90. The van der Waals surface area contributed by atoms with Crippen LogP contribution in [0.5, 0.6) is 0 Å². The lowest BCUT2D eigenvalue weighted by atomic mass is 10.1. The first-order valence-corrected chi connectivity index (χ1v) is 10.7. The van der Waals surface area contributed by atoms with Gasteiger partial charge >= 0.3 is 10.2 Å². The van der Waals surface area contributed by atoms with Crippen LogP contribution in [0.3, 0.4) is 0 Å². The molecule has 0 saturated heterocycles. The van der Waals surface area contributed by atoms with Gasteiger partial charge in [0, 0.05) is 25.3 Å². The van der Waals surface area contributed by atoms with Gasteiger partial charge in [0.2, 0.25) is 0 Å². The Kier molecular flexibility index (Phi) is 6.67. The Morgan fingerprint density at radius 2 is 1.61 bits per heavy atom. The number of hydrogen-bond donors (Lipinski definition) is 1. The molecule has 0 aliphatic heterocycles. The lowest BCUT2D eigenvalue weighted by molar-refractivity contribution is 0.102. The molecule has 9 heteroatoms. The molecule has 6 nitrogen and oxygen atoms in total. The average Bonchev–Trinajstić information content (AvgIpc) is 2.73. The predicted octanol–water partition coefficient (Wildman–Crippen LogP) is 4.03. The summed E-state index contributed by atoms with van der Waals surface area (Å²) in [5, 5.41) is 2.59. The molecule has 3 aromatic carbocycles. The van der Waals surface area contributed by atoms with E-state index in [0.717, 1.165) is 8.61 Å². The molecule has 0 atom stereocenters. The molecule has 0 bridgehead atoms. The van der Waals surface area contributed by atoms with Gasteiger partial charge in [-0.25, -0.2) is 8.78 Å². The molecular formula is C22H21F2N3O3S. The summed E-state index contributed by atoms with van der Waals surface area (Å²) >= 11 is 0. The third-order valence-corrected chi connectivity index (χ3v) is 6.29. The second kappa shape index (κ2) is 9.23. The number of nitrogens with zero attached hydrogens (tertiary/aromatic N) is 2. The van der Waals surface area contributed by atoms with Gasteiger partial charge in [0.25, 0.3) is 5.91 Å². The summed E-state index contributed by atoms with van der Waals surface area (Å²) in [6.45, 7) is -0.132. The number of para-hydroxylation sites is 1. The molecule has 3 rings (SSSR count). The van der Waals surface area contributed by atoms with Gasteiger partial charge in [0.1, 0.15) is 11.6 Å². The zero-order valence-corrected chi connectivity index (χ0v) is 17.7. The van der Waals surface area contributed by atoms with E-state index in [0.29, 0.717) is 16.8 Å². The van der Waals surface area contributed by atoms with Crippen molar-refractivity contribution in [3.63, 3.8) is 0 Å². The number of halogens is 2. The monoisotopic (exact) mass is 445 g/mol. The fourth-order valence-electron chi connectivity index (χ4n) is 2.84. The predicted molar refractivity (Wildman–Crippen MR) is 116 cm³/mol. The van der Waals surface area contributed by atoms with Crippen LogP contribution >= 0.6 is 0 Å². The van der Waals surface area contributed by atoms with Gasteiger partial charge in [-0.3, -0.25) is 9.10 Å². The Bertz CT molecular complexity index is 1180. The molecular weight excluding hydrogens is 424 g/mol. The highest BCUT2D eigenvalue weighted by atomic mass is 32.2. The van der Waals surface area contributed by atoms with E-state index < -0.39 is 27.8 Å². The van der Waals surface area contributed by atoms with Crippen LogP contribution in [-0.2, 0) is 16.8 Å². The number of benzene rings is 3. The molecule has 0 aliphatic carbocycles. The molecule has 0 aliphatic rings. The summed E-state index contributed by atoms with van der Waals surface area (Å²) in [7, 11) is -1.24. The van der Waals surface area contributed by atoms with Crippen LogP contribution in [0.15, 0.2) is 72.8 Å². The quantitative estimate of drug-likeness (QED) is 0.597. The van der Waals surface area contributed by atoms with Crippen molar-refractivity contribution >= 4 is 27.5 Å². The van der Waals surface area contributed by atoms with Gasteiger partial charge in [0.15, 0.2) is 0 Å². The second-order valence-corrected chi connectivity index (χ2v) is 8.98. The zero-order valence-electron chi connectivity index (χ0n) is 16.9. The maximum Gasteiger partial charge on any atom is 0.303 e. The highest BCUT2D eigenvalue weighted by Gasteiger charge is 2.27. The van der Waals surface area contributed by atoms with Crippen molar-refractivity contribution in [2.45, 2.75) is 6.54 Å². The maximum absolute atomic E-state index is 14.3. The van der Waals surface area contributed by atoms with Crippen LogP contribution < -0.4 is 9.62 Å². The second-order valence-electron chi connectivity index (χ2n) is 6.91. The molecule has 0 fully saturated rings. The zero-order chi connectivity index (χ0) is 22.6. The van der Waals surface area contributed by atoms with E-state index in [4.69, 9.17) is 0 Å². The van der Waals surface area contributed by atoms with Crippen molar-refractivity contribution in [1.29, 1.82) is 0 Å². The van der Waals surface area contributed by atoms with Crippen molar-refractivity contribution < 1.29 is 22.0 Å². The Morgan fingerprint density at radius 3 is 2.23 bits per heavy atom. The number of hydrogen-bond acceptors (Lipinski definition) is 3. The van der Waals surface area contributed by atoms with E-state index in [9.17, 15) is 22.0 Å². The Labute approximate surface area is 179 Å². The van der Waals surface area contributed by atoms with E-state index in [1.165, 1.54) is 62.6 Å². The van der Waals surface area contributed by atoms with Crippen LogP contribution in [0.25, 0.3) is 0 Å². The molecule has 0 aromatic heterocycles. The average molecular weight is 445 g/mol. The van der Waals surface area contributed by atoms with Gasteiger partial charge in [-0.1, -0.05) is 30.3 Å². The number of rotatable bonds is 7. The van der Waals surface area contributed by atoms with Crippen molar-refractivity contribution in [2.75, 3.05) is 23.7 Å². The summed E-state index contributed by atoms with van der Waals surface area (Å²) in [6, 6.07) is 17.3. The molecule has 1 amide bonds. The van der Waals surface area contributed by atoms with Gasteiger partial charge < -0.3 is 5.32 Å². The maximum atomic E-state index is 14.3. The highest BCUT2D eigenvalue weighted by Crippen LogP contribution is 2.25. The standard InChI is InChI=1S/C22H21F2N3O3S/c1-26(2)31(29,30)27(21-9-4-3-8-20(21)24)15-16-10-12-17(13-11-16)22(28)25-19-7-5-6-18(23)14-19/h3-14H,15H2,1-2H3,(H,25,28). The molecule has 0 radical (unpaired) electrons. The van der Waals surface area contributed by atoms with Crippen molar-refractivity contribution in [3.8, 4) is 0 Å². The first-order chi connectivity index (χ1) is 14.7. The van der Waals surface area contributed by atoms with Crippen LogP contribution in [0.4, 0.5) is 20.2 Å². The molecule has 0 heterocycles. The minimum absolute atomic E-state index is 0.0795. The SMILES string of the molecule is CN(C)S(=O)(=O)N(Cc1ccc(C(=O)Nc2cccc(F)c2)cc1)c1ccccc1F. The smallest absolute Gasteiger partial charge is 0.303 e. The minimum Gasteiger partial charge on any atom is -0.322 e. The number of anilines is 2. The van der Waals surface area contributed by atoms with Crippen LogP contribution in [-0.4, -0.2) is 32.7 Å². The Morgan fingerprint density at radius 1 is 0.935 bits per heavy atom. The topological polar surface area (TPSA) is 69.7 Å². The third-order valence-electron chi connectivity index (χ3n) is 4.49. The first kappa shape index (κ1) is 22.4. The molecule has 0 saturated carbocycles. The summed E-state index contributed by atoms with van der Waals surface area (Å²) < 4.78 is 55.1. The van der Waals surface area contributed by atoms with Gasteiger partial charge in [-0.2, -0.15) is 12.7 Å². The fourth-order valence-corrected chi connectivity index (χ4v) is 3.94. The summed E-state index contributed by atoms with van der Waals surface area (Å²) in [4.78, 5) is 12.4. The number of nitrogens with one attached hydrogen (secondary N) is 1. The fraction of sp³-hybridized carbons (Fsp3) is 0.136. The number of carbonyl (C=O) groups excluding carboxylic acids is 1. The molecule has 31 heavy (non-hydrogen) atoms.